The monoisotopic (exact) mass is 422 g/mol. The molecule has 0 saturated carbocycles. The van der Waals surface area contributed by atoms with Gasteiger partial charge >= 0.3 is 11.8 Å². The van der Waals surface area contributed by atoms with Crippen molar-refractivity contribution in [3.8, 4) is 5.69 Å². The quantitative estimate of drug-likeness (QED) is 0.370. The van der Waals surface area contributed by atoms with Crippen molar-refractivity contribution >= 4 is 35.3 Å². The molecule has 1 heterocycles. The summed E-state index contributed by atoms with van der Waals surface area (Å²) in [5, 5.41) is 7.20. The number of carbonyl (C=O) groups excluding carboxylic acids is 2. The highest BCUT2D eigenvalue weighted by Gasteiger charge is 2.14. The minimum atomic E-state index is -0.836. The fourth-order valence-electron chi connectivity index (χ4n) is 3.35. The van der Waals surface area contributed by atoms with Crippen LogP contribution in [0.1, 0.15) is 28.1 Å². The lowest BCUT2D eigenvalue weighted by atomic mass is 10.1. The van der Waals surface area contributed by atoms with Crippen LogP contribution >= 0.6 is 11.6 Å². The molecular weight excluding hydrogens is 400 g/mol. The van der Waals surface area contributed by atoms with Gasteiger partial charge in [0.25, 0.3) is 0 Å². The van der Waals surface area contributed by atoms with Crippen LogP contribution in [0.3, 0.4) is 0 Å². The predicted molar refractivity (Wildman–Crippen MR) is 121 cm³/mol. The summed E-state index contributed by atoms with van der Waals surface area (Å²) in [5.74, 6) is -1.61. The van der Waals surface area contributed by atoms with Crippen LogP contribution in [0.25, 0.3) is 5.69 Å². The number of anilines is 1. The maximum absolute atomic E-state index is 12.1. The van der Waals surface area contributed by atoms with E-state index in [0.29, 0.717) is 10.7 Å². The van der Waals surface area contributed by atoms with Gasteiger partial charge in [-0.05, 0) is 81.3 Å². The molecule has 3 aromatic rings. The molecule has 2 N–H and O–H groups in total. The van der Waals surface area contributed by atoms with Gasteiger partial charge in [0.15, 0.2) is 0 Å². The Morgan fingerprint density at radius 3 is 2.20 bits per heavy atom. The van der Waals surface area contributed by atoms with Crippen LogP contribution in [0.2, 0.25) is 5.02 Å². The number of aryl methyl sites for hydroxylation is 3. The Kier molecular flexibility index (Phi) is 6.37. The second kappa shape index (κ2) is 8.97. The Hall–Kier alpha value is -3.38. The average Bonchev–Trinajstić information content (AvgIpc) is 2.95. The number of aromatic nitrogens is 1. The van der Waals surface area contributed by atoms with E-state index in [2.05, 4.69) is 20.4 Å². The first kappa shape index (κ1) is 21.3. The lowest BCUT2D eigenvalue weighted by Crippen LogP contribution is -2.32. The van der Waals surface area contributed by atoms with Gasteiger partial charge in [0.1, 0.15) is 0 Å². The maximum Gasteiger partial charge on any atom is 0.329 e. The van der Waals surface area contributed by atoms with Crippen LogP contribution in [-0.2, 0) is 9.59 Å². The molecule has 0 fully saturated rings. The molecule has 154 valence electrons. The zero-order chi connectivity index (χ0) is 21.8. The van der Waals surface area contributed by atoms with Gasteiger partial charge in [-0.15, -0.1) is 0 Å². The van der Waals surface area contributed by atoms with Crippen molar-refractivity contribution in [2.45, 2.75) is 27.7 Å². The first-order valence-corrected chi connectivity index (χ1v) is 9.80. The van der Waals surface area contributed by atoms with E-state index in [1.807, 2.05) is 64.1 Å². The molecular formula is C23H23ClN4O2. The average molecular weight is 423 g/mol. The van der Waals surface area contributed by atoms with Gasteiger partial charge in [0.05, 0.1) is 6.21 Å². The molecule has 0 aliphatic heterocycles. The van der Waals surface area contributed by atoms with Crippen LogP contribution in [0, 0.1) is 27.7 Å². The van der Waals surface area contributed by atoms with Gasteiger partial charge in [-0.3, -0.25) is 9.59 Å². The molecule has 0 aliphatic carbocycles. The molecule has 7 heteroatoms. The van der Waals surface area contributed by atoms with E-state index in [0.717, 1.165) is 33.8 Å². The van der Waals surface area contributed by atoms with Crippen molar-refractivity contribution in [2.24, 2.45) is 5.10 Å². The number of amides is 2. The molecule has 2 aromatic carbocycles. The Morgan fingerprint density at radius 1 is 0.933 bits per heavy atom. The first-order chi connectivity index (χ1) is 14.2. The van der Waals surface area contributed by atoms with Gasteiger partial charge in [0, 0.05) is 33.3 Å². The number of benzene rings is 2. The minimum Gasteiger partial charge on any atom is -0.318 e. The molecule has 0 bridgehead atoms. The highest BCUT2D eigenvalue weighted by Crippen LogP contribution is 2.21. The Morgan fingerprint density at radius 2 is 1.57 bits per heavy atom. The minimum absolute atomic E-state index is 0.572. The molecule has 0 atom stereocenters. The number of carbonyl (C=O) groups is 2. The van der Waals surface area contributed by atoms with Crippen molar-refractivity contribution in [1.29, 1.82) is 0 Å². The van der Waals surface area contributed by atoms with Crippen molar-refractivity contribution in [3.63, 3.8) is 0 Å². The molecule has 3 rings (SSSR count). The lowest BCUT2D eigenvalue weighted by molar-refractivity contribution is -0.136. The van der Waals surface area contributed by atoms with Crippen LogP contribution in [0.15, 0.2) is 53.6 Å². The van der Waals surface area contributed by atoms with E-state index in [1.165, 1.54) is 6.21 Å². The first-order valence-electron chi connectivity index (χ1n) is 9.42. The Labute approximate surface area is 180 Å². The SMILES string of the molecule is Cc1cc(C)cc(NC(=O)C(=O)N/N=C\c2cc(C)n(-c3ccc(Cl)cc3)c2C)c1. The zero-order valence-electron chi connectivity index (χ0n) is 17.3. The molecule has 2 amide bonds. The van der Waals surface area contributed by atoms with Crippen LogP contribution in [-0.4, -0.2) is 22.6 Å². The van der Waals surface area contributed by atoms with E-state index in [4.69, 9.17) is 11.6 Å². The number of hydrazone groups is 1. The van der Waals surface area contributed by atoms with Crippen molar-refractivity contribution in [3.05, 3.63) is 81.6 Å². The van der Waals surface area contributed by atoms with Gasteiger partial charge < -0.3 is 9.88 Å². The lowest BCUT2D eigenvalue weighted by Gasteiger charge is -2.09. The maximum atomic E-state index is 12.1. The van der Waals surface area contributed by atoms with Gasteiger partial charge in [-0.25, -0.2) is 5.43 Å². The van der Waals surface area contributed by atoms with E-state index < -0.39 is 11.8 Å². The number of nitrogens with zero attached hydrogens (tertiary/aromatic N) is 2. The van der Waals surface area contributed by atoms with E-state index >= 15 is 0 Å². The predicted octanol–water partition coefficient (Wildman–Crippen LogP) is 4.45. The summed E-state index contributed by atoms with van der Waals surface area (Å²) in [5.41, 5.74) is 8.62. The molecule has 0 saturated heterocycles. The van der Waals surface area contributed by atoms with Gasteiger partial charge in [-0.1, -0.05) is 17.7 Å². The summed E-state index contributed by atoms with van der Waals surface area (Å²) >= 11 is 5.97. The van der Waals surface area contributed by atoms with E-state index in [-0.39, 0.29) is 0 Å². The fraction of sp³-hybridized carbons (Fsp3) is 0.174. The molecule has 0 unspecified atom stereocenters. The van der Waals surface area contributed by atoms with Crippen LogP contribution in [0.4, 0.5) is 5.69 Å². The van der Waals surface area contributed by atoms with E-state index in [1.54, 1.807) is 12.1 Å². The number of nitrogens with one attached hydrogen (secondary N) is 2. The number of rotatable bonds is 4. The molecule has 1 aromatic heterocycles. The zero-order valence-corrected chi connectivity index (χ0v) is 18.0. The number of hydrogen-bond donors (Lipinski definition) is 2. The van der Waals surface area contributed by atoms with Crippen molar-refractivity contribution in [2.75, 3.05) is 5.32 Å². The normalized spacial score (nSPS) is 11.0. The molecule has 0 spiro atoms. The Balaban J connectivity index is 1.67. The fourth-order valence-corrected chi connectivity index (χ4v) is 3.48. The third-order valence-electron chi connectivity index (χ3n) is 4.61. The second-order valence-corrected chi connectivity index (χ2v) is 7.60. The largest absolute Gasteiger partial charge is 0.329 e. The smallest absolute Gasteiger partial charge is 0.318 e. The summed E-state index contributed by atoms with van der Waals surface area (Å²) in [6.45, 7) is 7.79. The van der Waals surface area contributed by atoms with Gasteiger partial charge in [-0.2, -0.15) is 5.10 Å². The topological polar surface area (TPSA) is 75.5 Å². The summed E-state index contributed by atoms with van der Waals surface area (Å²) in [6, 6.07) is 15.1. The Bertz CT molecular complexity index is 1110. The van der Waals surface area contributed by atoms with Crippen LogP contribution < -0.4 is 10.7 Å². The summed E-state index contributed by atoms with van der Waals surface area (Å²) in [4.78, 5) is 24.2. The second-order valence-electron chi connectivity index (χ2n) is 7.17. The highest BCUT2D eigenvalue weighted by atomic mass is 35.5. The molecule has 6 nitrogen and oxygen atoms in total. The summed E-state index contributed by atoms with van der Waals surface area (Å²) < 4.78 is 2.06. The highest BCUT2D eigenvalue weighted by molar-refractivity contribution is 6.39. The molecule has 0 radical (unpaired) electrons. The van der Waals surface area contributed by atoms with Gasteiger partial charge in [0.2, 0.25) is 0 Å². The summed E-state index contributed by atoms with van der Waals surface area (Å²) in [6.07, 6.45) is 1.52. The van der Waals surface area contributed by atoms with Crippen molar-refractivity contribution < 1.29 is 9.59 Å². The van der Waals surface area contributed by atoms with Crippen molar-refractivity contribution in [1.82, 2.24) is 9.99 Å². The molecule has 30 heavy (non-hydrogen) atoms. The standard InChI is InChI=1S/C23H23ClN4O2/c1-14-9-15(2)11-20(10-14)26-22(29)23(30)27-25-13-18-12-16(3)28(17(18)4)21-7-5-19(24)6-8-21/h5-13H,1-4H3,(H,26,29)(H,27,30)/b25-13-. The number of hydrogen-bond acceptors (Lipinski definition) is 3. The van der Waals surface area contributed by atoms with E-state index in [9.17, 15) is 9.59 Å². The summed E-state index contributed by atoms with van der Waals surface area (Å²) in [7, 11) is 0. The number of halogens is 1. The molecule has 0 aliphatic rings. The van der Waals surface area contributed by atoms with Crippen LogP contribution in [0.5, 0.6) is 0 Å². The third kappa shape index (κ3) is 4.96. The third-order valence-corrected chi connectivity index (χ3v) is 4.86.